The SMILES string of the molecule is O=C(NCc1ccc(-c2ccn[nH]2)cc1)c1ccc(-c2ccccc2)cc1. The van der Waals surface area contributed by atoms with Crippen LogP contribution in [-0.2, 0) is 6.54 Å². The summed E-state index contributed by atoms with van der Waals surface area (Å²) in [7, 11) is 0. The van der Waals surface area contributed by atoms with Gasteiger partial charge in [0, 0.05) is 18.3 Å². The molecule has 1 heterocycles. The molecule has 4 heteroatoms. The van der Waals surface area contributed by atoms with Crippen molar-refractivity contribution in [2.24, 2.45) is 0 Å². The highest BCUT2D eigenvalue weighted by Gasteiger charge is 2.06. The van der Waals surface area contributed by atoms with Crippen LogP contribution in [0, 0.1) is 0 Å². The molecule has 3 aromatic carbocycles. The minimum absolute atomic E-state index is 0.0766. The van der Waals surface area contributed by atoms with Crippen molar-refractivity contribution in [2.45, 2.75) is 6.54 Å². The van der Waals surface area contributed by atoms with Crippen molar-refractivity contribution in [1.82, 2.24) is 15.5 Å². The van der Waals surface area contributed by atoms with E-state index in [1.165, 1.54) is 0 Å². The van der Waals surface area contributed by atoms with Crippen LogP contribution in [0.15, 0.2) is 91.1 Å². The van der Waals surface area contributed by atoms with Gasteiger partial charge >= 0.3 is 0 Å². The number of amides is 1. The van der Waals surface area contributed by atoms with E-state index < -0.39 is 0 Å². The second kappa shape index (κ2) is 7.70. The van der Waals surface area contributed by atoms with Gasteiger partial charge in [-0.3, -0.25) is 9.89 Å². The van der Waals surface area contributed by atoms with Crippen molar-refractivity contribution < 1.29 is 4.79 Å². The van der Waals surface area contributed by atoms with Crippen LogP contribution < -0.4 is 5.32 Å². The number of carbonyl (C=O) groups is 1. The molecular weight excluding hydrogens is 334 g/mol. The first-order valence-corrected chi connectivity index (χ1v) is 8.82. The van der Waals surface area contributed by atoms with Crippen molar-refractivity contribution in [1.29, 1.82) is 0 Å². The summed E-state index contributed by atoms with van der Waals surface area (Å²) in [5.74, 6) is -0.0766. The van der Waals surface area contributed by atoms with Gasteiger partial charge in [-0.05, 0) is 40.5 Å². The highest BCUT2D eigenvalue weighted by molar-refractivity contribution is 5.94. The molecular formula is C23H19N3O. The van der Waals surface area contributed by atoms with Crippen LogP contribution in [-0.4, -0.2) is 16.1 Å². The molecule has 0 fully saturated rings. The Kier molecular flexibility index (Phi) is 4.79. The molecule has 0 saturated carbocycles. The number of hydrogen-bond acceptors (Lipinski definition) is 2. The van der Waals surface area contributed by atoms with E-state index in [0.717, 1.165) is 27.9 Å². The maximum absolute atomic E-state index is 12.4. The van der Waals surface area contributed by atoms with Crippen LogP contribution in [0.1, 0.15) is 15.9 Å². The molecule has 0 aliphatic heterocycles. The molecule has 0 unspecified atom stereocenters. The van der Waals surface area contributed by atoms with Gasteiger partial charge in [0.2, 0.25) is 0 Å². The molecule has 4 aromatic rings. The van der Waals surface area contributed by atoms with Gasteiger partial charge < -0.3 is 5.32 Å². The molecule has 4 rings (SSSR count). The zero-order chi connectivity index (χ0) is 18.5. The number of H-pyrrole nitrogens is 1. The summed E-state index contributed by atoms with van der Waals surface area (Å²) in [6.45, 7) is 0.489. The molecule has 0 spiro atoms. The standard InChI is InChI=1S/C23H19N3O/c27-23(21-12-10-19(11-13-21)18-4-2-1-3-5-18)24-16-17-6-8-20(9-7-17)22-14-15-25-26-22/h1-15H,16H2,(H,24,27)(H,25,26). The number of aromatic amines is 1. The van der Waals surface area contributed by atoms with Crippen LogP contribution >= 0.6 is 0 Å². The molecule has 0 radical (unpaired) electrons. The normalized spacial score (nSPS) is 10.5. The van der Waals surface area contributed by atoms with Crippen molar-refractivity contribution in [3.05, 3.63) is 102 Å². The summed E-state index contributed by atoms with van der Waals surface area (Å²) in [4.78, 5) is 12.4. The van der Waals surface area contributed by atoms with Gasteiger partial charge in [-0.15, -0.1) is 0 Å². The predicted molar refractivity (Wildman–Crippen MR) is 107 cm³/mol. The molecule has 0 aliphatic carbocycles. The van der Waals surface area contributed by atoms with Crippen molar-refractivity contribution in [3.63, 3.8) is 0 Å². The van der Waals surface area contributed by atoms with Gasteiger partial charge in [0.1, 0.15) is 0 Å². The van der Waals surface area contributed by atoms with Crippen LogP contribution in [0.25, 0.3) is 22.4 Å². The Balaban J connectivity index is 1.38. The zero-order valence-corrected chi connectivity index (χ0v) is 14.7. The molecule has 0 saturated heterocycles. The lowest BCUT2D eigenvalue weighted by Gasteiger charge is -2.07. The lowest BCUT2D eigenvalue weighted by molar-refractivity contribution is 0.0951. The average Bonchev–Trinajstić information content (AvgIpc) is 3.28. The first kappa shape index (κ1) is 16.8. The van der Waals surface area contributed by atoms with Gasteiger partial charge in [0.05, 0.1) is 5.69 Å². The van der Waals surface area contributed by atoms with Crippen molar-refractivity contribution in [2.75, 3.05) is 0 Å². The van der Waals surface area contributed by atoms with Crippen LogP contribution in [0.2, 0.25) is 0 Å². The smallest absolute Gasteiger partial charge is 0.251 e. The van der Waals surface area contributed by atoms with E-state index in [4.69, 9.17) is 0 Å². The fourth-order valence-electron chi connectivity index (χ4n) is 2.95. The number of hydrogen-bond donors (Lipinski definition) is 2. The first-order valence-electron chi connectivity index (χ1n) is 8.82. The lowest BCUT2D eigenvalue weighted by Crippen LogP contribution is -2.22. The summed E-state index contributed by atoms with van der Waals surface area (Å²) in [5, 5.41) is 9.87. The molecule has 1 aromatic heterocycles. The average molecular weight is 353 g/mol. The minimum atomic E-state index is -0.0766. The zero-order valence-electron chi connectivity index (χ0n) is 14.7. The van der Waals surface area contributed by atoms with E-state index in [2.05, 4.69) is 27.6 Å². The maximum atomic E-state index is 12.4. The molecule has 1 amide bonds. The summed E-state index contributed by atoms with van der Waals surface area (Å²) in [5.41, 5.74) is 5.99. The van der Waals surface area contributed by atoms with Crippen LogP contribution in [0.5, 0.6) is 0 Å². The third-order valence-corrected chi connectivity index (χ3v) is 4.47. The van der Waals surface area contributed by atoms with Crippen molar-refractivity contribution in [3.8, 4) is 22.4 Å². The quantitative estimate of drug-likeness (QED) is 0.548. The first-order chi connectivity index (χ1) is 13.3. The molecule has 4 nitrogen and oxygen atoms in total. The Morgan fingerprint density at radius 2 is 1.44 bits per heavy atom. The molecule has 132 valence electrons. The second-order valence-corrected chi connectivity index (χ2v) is 6.29. The van der Waals surface area contributed by atoms with E-state index in [9.17, 15) is 4.79 Å². The lowest BCUT2D eigenvalue weighted by atomic mass is 10.0. The van der Waals surface area contributed by atoms with Crippen LogP contribution in [0.3, 0.4) is 0 Å². The molecule has 2 N–H and O–H groups in total. The summed E-state index contributed by atoms with van der Waals surface area (Å²) >= 11 is 0. The summed E-state index contributed by atoms with van der Waals surface area (Å²) in [6.07, 6.45) is 1.73. The third-order valence-electron chi connectivity index (χ3n) is 4.47. The van der Waals surface area contributed by atoms with Gasteiger partial charge in [-0.1, -0.05) is 66.7 Å². The monoisotopic (exact) mass is 353 g/mol. The molecule has 0 bridgehead atoms. The fourth-order valence-corrected chi connectivity index (χ4v) is 2.95. The van der Waals surface area contributed by atoms with E-state index in [1.54, 1.807) is 6.20 Å². The Morgan fingerprint density at radius 3 is 2.11 bits per heavy atom. The number of benzene rings is 3. The van der Waals surface area contributed by atoms with E-state index in [-0.39, 0.29) is 5.91 Å². The molecule has 0 aliphatic rings. The Labute approximate surface area is 157 Å². The second-order valence-electron chi connectivity index (χ2n) is 6.29. The molecule has 27 heavy (non-hydrogen) atoms. The number of nitrogens with one attached hydrogen (secondary N) is 2. The van der Waals surface area contributed by atoms with Gasteiger partial charge in [-0.2, -0.15) is 5.10 Å². The summed E-state index contributed by atoms with van der Waals surface area (Å²) < 4.78 is 0. The topological polar surface area (TPSA) is 57.8 Å². The largest absolute Gasteiger partial charge is 0.348 e. The van der Waals surface area contributed by atoms with E-state index in [1.807, 2.05) is 72.8 Å². The molecule has 0 atom stereocenters. The summed E-state index contributed by atoms with van der Waals surface area (Å²) in [6, 6.07) is 27.8. The number of aromatic nitrogens is 2. The van der Waals surface area contributed by atoms with E-state index >= 15 is 0 Å². The van der Waals surface area contributed by atoms with Gasteiger partial charge in [0.25, 0.3) is 5.91 Å². The predicted octanol–water partition coefficient (Wildman–Crippen LogP) is 4.67. The Bertz CT molecular complexity index is 1010. The Morgan fingerprint density at radius 1 is 0.778 bits per heavy atom. The number of rotatable bonds is 5. The van der Waals surface area contributed by atoms with Gasteiger partial charge in [-0.25, -0.2) is 0 Å². The fraction of sp³-hybridized carbons (Fsp3) is 0.0435. The minimum Gasteiger partial charge on any atom is -0.348 e. The highest BCUT2D eigenvalue weighted by Crippen LogP contribution is 2.19. The number of nitrogens with zero attached hydrogens (tertiary/aromatic N) is 1. The third kappa shape index (κ3) is 3.96. The highest BCUT2D eigenvalue weighted by atomic mass is 16.1. The van der Waals surface area contributed by atoms with E-state index in [0.29, 0.717) is 12.1 Å². The van der Waals surface area contributed by atoms with Gasteiger partial charge in [0.15, 0.2) is 0 Å². The van der Waals surface area contributed by atoms with Crippen LogP contribution in [0.4, 0.5) is 0 Å². The maximum Gasteiger partial charge on any atom is 0.251 e. The van der Waals surface area contributed by atoms with Crippen molar-refractivity contribution >= 4 is 5.91 Å². The Hall–Kier alpha value is -3.66. The number of carbonyl (C=O) groups excluding carboxylic acids is 1.